The van der Waals surface area contributed by atoms with Crippen LogP contribution in [0.25, 0.3) is 0 Å². The van der Waals surface area contributed by atoms with Gasteiger partial charge in [0.1, 0.15) is 0 Å². The third-order valence-electron chi connectivity index (χ3n) is 5.01. The maximum Gasteiger partial charge on any atom is 0.304 e. The van der Waals surface area contributed by atoms with Crippen LogP contribution in [0.15, 0.2) is 0 Å². The molecule has 2 unspecified atom stereocenters. The molecule has 1 saturated carbocycles. The van der Waals surface area contributed by atoms with Crippen molar-refractivity contribution >= 4 is 11.9 Å². The summed E-state index contributed by atoms with van der Waals surface area (Å²) in [7, 11) is 0. The summed E-state index contributed by atoms with van der Waals surface area (Å²) in [4.78, 5) is 27.3. The average Bonchev–Trinajstić information content (AvgIpc) is 2.50. The van der Waals surface area contributed by atoms with Crippen molar-refractivity contribution in [3.05, 3.63) is 0 Å². The molecule has 2 fully saturated rings. The fourth-order valence-corrected chi connectivity index (χ4v) is 3.82. The van der Waals surface area contributed by atoms with E-state index >= 15 is 0 Å². The molecule has 21 heavy (non-hydrogen) atoms. The quantitative estimate of drug-likeness (QED) is 0.814. The summed E-state index contributed by atoms with van der Waals surface area (Å²) >= 11 is 0. The molecule has 1 amide bonds. The summed E-state index contributed by atoms with van der Waals surface area (Å²) in [5, 5.41) is 8.77. The van der Waals surface area contributed by atoms with E-state index in [0.717, 1.165) is 25.9 Å². The second kappa shape index (κ2) is 7.78. The van der Waals surface area contributed by atoms with Crippen molar-refractivity contribution in [3.63, 3.8) is 0 Å². The van der Waals surface area contributed by atoms with Crippen LogP contribution in [0.4, 0.5) is 0 Å². The van der Waals surface area contributed by atoms with Crippen molar-refractivity contribution in [1.29, 1.82) is 0 Å². The number of likely N-dealkylation sites (N-methyl/N-ethyl adjacent to an activating group) is 1. The van der Waals surface area contributed by atoms with Crippen LogP contribution in [0.5, 0.6) is 0 Å². The largest absolute Gasteiger partial charge is 0.481 e. The van der Waals surface area contributed by atoms with Gasteiger partial charge in [-0.1, -0.05) is 19.8 Å². The minimum atomic E-state index is -0.800. The monoisotopic (exact) mass is 296 g/mol. The Balaban J connectivity index is 1.89. The fourth-order valence-electron chi connectivity index (χ4n) is 3.82. The van der Waals surface area contributed by atoms with Gasteiger partial charge in [-0.05, 0) is 38.1 Å². The number of piperidine rings is 1. The first-order valence-corrected chi connectivity index (χ1v) is 8.35. The fraction of sp³-hybridized carbons (Fsp3) is 0.875. The molecule has 2 atom stereocenters. The smallest absolute Gasteiger partial charge is 0.304 e. The number of fused-ring (bicyclic) bond motifs is 1. The average molecular weight is 296 g/mol. The first-order valence-electron chi connectivity index (χ1n) is 8.35. The maximum atomic E-state index is 12.6. The van der Waals surface area contributed by atoms with Crippen LogP contribution in [0.3, 0.4) is 0 Å². The lowest BCUT2D eigenvalue weighted by molar-refractivity contribution is -0.141. The zero-order valence-corrected chi connectivity index (χ0v) is 13.1. The number of carboxylic acids is 1. The number of likely N-dealkylation sites (tertiary alicyclic amines) is 1. The SMILES string of the molecule is CCN(CCC(=O)O)CC(=O)N1CCCC2CCCCC21. The Morgan fingerprint density at radius 1 is 1.19 bits per heavy atom. The number of amides is 1. The normalized spacial score (nSPS) is 25.7. The molecule has 0 bridgehead atoms. The van der Waals surface area contributed by atoms with E-state index < -0.39 is 5.97 Å². The Morgan fingerprint density at radius 2 is 1.90 bits per heavy atom. The summed E-state index contributed by atoms with van der Waals surface area (Å²) < 4.78 is 0. The number of carboxylic acid groups (broad SMARTS) is 1. The number of hydrogen-bond acceptors (Lipinski definition) is 3. The Morgan fingerprint density at radius 3 is 2.62 bits per heavy atom. The lowest BCUT2D eigenvalue weighted by Crippen LogP contribution is -2.52. The first-order chi connectivity index (χ1) is 10.1. The number of nitrogens with zero attached hydrogens (tertiary/aromatic N) is 2. The van der Waals surface area contributed by atoms with Crippen LogP contribution in [0.1, 0.15) is 51.9 Å². The molecule has 2 rings (SSSR count). The maximum absolute atomic E-state index is 12.6. The molecule has 0 aromatic carbocycles. The van der Waals surface area contributed by atoms with Crippen molar-refractivity contribution in [1.82, 2.24) is 9.80 Å². The Kier molecular flexibility index (Phi) is 6.03. The molecule has 120 valence electrons. The van der Waals surface area contributed by atoms with E-state index in [4.69, 9.17) is 5.11 Å². The van der Waals surface area contributed by atoms with Crippen molar-refractivity contribution in [3.8, 4) is 0 Å². The van der Waals surface area contributed by atoms with Crippen molar-refractivity contribution in [2.45, 2.75) is 57.9 Å². The van der Waals surface area contributed by atoms with E-state index in [-0.39, 0.29) is 12.3 Å². The number of carbonyl (C=O) groups is 2. The summed E-state index contributed by atoms with van der Waals surface area (Å²) in [6.07, 6.45) is 7.46. The third-order valence-corrected chi connectivity index (χ3v) is 5.01. The highest BCUT2D eigenvalue weighted by Gasteiger charge is 2.35. The predicted octanol–water partition coefficient (Wildman–Crippen LogP) is 1.96. The van der Waals surface area contributed by atoms with E-state index in [1.54, 1.807) is 0 Å². The van der Waals surface area contributed by atoms with Gasteiger partial charge >= 0.3 is 5.97 Å². The zero-order valence-electron chi connectivity index (χ0n) is 13.1. The van der Waals surface area contributed by atoms with Crippen LogP contribution in [-0.2, 0) is 9.59 Å². The van der Waals surface area contributed by atoms with Gasteiger partial charge in [-0.3, -0.25) is 14.5 Å². The summed E-state index contributed by atoms with van der Waals surface area (Å²) in [6.45, 7) is 4.42. The van der Waals surface area contributed by atoms with Crippen LogP contribution in [-0.4, -0.2) is 59.0 Å². The molecule has 2 aliphatic rings. The molecule has 1 saturated heterocycles. The topological polar surface area (TPSA) is 60.9 Å². The second-order valence-electron chi connectivity index (χ2n) is 6.35. The zero-order chi connectivity index (χ0) is 15.2. The molecule has 5 nitrogen and oxygen atoms in total. The van der Waals surface area contributed by atoms with E-state index in [1.165, 1.54) is 25.7 Å². The third kappa shape index (κ3) is 4.43. The molecule has 0 radical (unpaired) electrons. The molecule has 0 aromatic heterocycles. The van der Waals surface area contributed by atoms with E-state index in [0.29, 0.717) is 25.0 Å². The molecule has 5 heteroatoms. The molecule has 1 heterocycles. The van der Waals surface area contributed by atoms with Gasteiger partial charge in [0, 0.05) is 19.1 Å². The Labute approximate surface area is 127 Å². The van der Waals surface area contributed by atoms with Gasteiger partial charge in [-0.2, -0.15) is 0 Å². The van der Waals surface area contributed by atoms with Gasteiger partial charge < -0.3 is 10.0 Å². The number of carbonyl (C=O) groups excluding carboxylic acids is 1. The van der Waals surface area contributed by atoms with Crippen LogP contribution in [0, 0.1) is 5.92 Å². The summed E-state index contributed by atoms with van der Waals surface area (Å²) in [5.74, 6) is 0.0931. The van der Waals surface area contributed by atoms with E-state index in [9.17, 15) is 9.59 Å². The Bertz CT molecular complexity index is 371. The highest BCUT2D eigenvalue weighted by molar-refractivity contribution is 5.79. The lowest BCUT2D eigenvalue weighted by atomic mass is 9.78. The molecular weight excluding hydrogens is 268 g/mol. The molecule has 0 spiro atoms. The molecule has 1 aliphatic carbocycles. The van der Waals surface area contributed by atoms with Gasteiger partial charge in [0.25, 0.3) is 0 Å². The van der Waals surface area contributed by atoms with Crippen LogP contribution in [0.2, 0.25) is 0 Å². The summed E-state index contributed by atoms with van der Waals surface area (Å²) in [6, 6.07) is 0.443. The summed E-state index contributed by atoms with van der Waals surface area (Å²) in [5.41, 5.74) is 0. The van der Waals surface area contributed by atoms with Crippen molar-refractivity contribution < 1.29 is 14.7 Å². The van der Waals surface area contributed by atoms with Gasteiger partial charge in [-0.15, -0.1) is 0 Å². The van der Waals surface area contributed by atoms with Crippen LogP contribution < -0.4 is 0 Å². The van der Waals surface area contributed by atoms with Gasteiger partial charge in [0.2, 0.25) is 5.91 Å². The number of aliphatic carboxylic acids is 1. The van der Waals surface area contributed by atoms with Gasteiger partial charge in [0.05, 0.1) is 13.0 Å². The minimum absolute atomic E-state index is 0.104. The van der Waals surface area contributed by atoms with Crippen molar-refractivity contribution in [2.24, 2.45) is 5.92 Å². The highest BCUT2D eigenvalue weighted by Crippen LogP contribution is 2.35. The van der Waals surface area contributed by atoms with Crippen molar-refractivity contribution in [2.75, 3.05) is 26.2 Å². The van der Waals surface area contributed by atoms with Gasteiger partial charge in [0.15, 0.2) is 0 Å². The standard InChI is InChI=1S/C16H28N2O3/c1-2-17(11-9-16(20)21)12-15(19)18-10-5-7-13-6-3-4-8-14(13)18/h13-14H,2-12H2,1H3,(H,20,21). The molecular formula is C16H28N2O3. The highest BCUT2D eigenvalue weighted by atomic mass is 16.4. The number of rotatable bonds is 6. The minimum Gasteiger partial charge on any atom is -0.481 e. The van der Waals surface area contributed by atoms with Crippen LogP contribution >= 0.6 is 0 Å². The molecule has 0 aromatic rings. The molecule has 1 N–H and O–H groups in total. The van der Waals surface area contributed by atoms with E-state index in [2.05, 4.69) is 4.90 Å². The first kappa shape index (κ1) is 16.3. The second-order valence-corrected chi connectivity index (χ2v) is 6.35. The lowest BCUT2D eigenvalue weighted by Gasteiger charge is -2.44. The Hall–Kier alpha value is -1.10. The number of hydrogen-bond donors (Lipinski definition) is 1. The molecule has 1 aliphatic heterocycles. The predicted molar refractivity (Wildman–Crippen MR) is 81.1 cm³/mol. The van der Waals surface area contributed by atoms with E-state index in [1.807, 2.05) is 11.8 Å². The van der Waals surface area contributed by atoms with Gasteiger partial charge in [-0.25, -0.2) is 0 Å².